The fourth-order valence-corrected chi connectivity index (χ4v) is 5.55. The van der Waals surface area contributed by atoms with Crippen molar-refractivity contribution in [2.45, 2.75) is 109 Å². The lowest BCUT2D eigenvalue weighted by molar-refractivity contribution is 0.0953. The number of benzene rings is 1. The van der Waals surface area contributed by atoms with Crippen molar-refractivity contribution >= 4 is 16.6 Å². The quantitative estimate of drug-likeness (QED) is 0.396. The summed E-state index contributed by atoms with van der Waals surface area (Å²) in [6.45, 7) is 26.1. The van der Waals surface area contributed by atoms with Crippen molar-refractivity contribution in [3.63, 3.8) is 0 Å². The van der Waals surface area contributed by atoms with E-state index in [9.17, 15) is 0 Å². The molecule has 30 heavy (non-hydrogen) atoms. The largest absolute Gasteiger partial charge is 0.415 e. The highest BCUT2D eigenvalue weighted by Crippen LogP contribution is 2.39. The monoisotopic (exact) mass is 449 g/mol. The first-order valence-electron chi connectivity index (χ1n) is 11.7. The summed E-state index contributed by atoms with van der Waals surface area (Å²) in [4.78, 5) is 2.68. The van der Waals surface area contributed by atoms with Gasteiger partial charge in [-0.3, -0.25) is 4.90 Å². The summed E-state index contributed by atoms with van der Waals surface area (Å²) in [7, 11) is -3.48. The predicted molar refractivity (Wildman–Crippen MR) is 135 cm³/mol. The average Bonchev–Trinajstić information content (AvgIpc) is 2.99. The van der Waals surface area contributed by atoms with Gasteiger partial charge in [0.15, 0.2) is 16.6 Å². The molecule has 1 aliphatic rings. The second kappa shape index (κ2) is 9.57. The second-order valence-electron chi connectivity index (χ2n) is 12.2. The zero-order valence-corrected chi connectivity index (χ0v) is 23.3. The van der Waals surface area contributed by atoms with Crippen LogP contribution >= 0.6 is 0 Å². The van der Waals surface area contributed by atoms with Gasteiger partial charge in [-0.15, -0.1) is 0 Å². The molecule has 0 spiro atoms. The van der Waals surface area contributed by atoms with Crippen LogP contribution in [0.4, 0.5) is 0 Å². The average molecular weight is 450 g/mol. The summed E-state index contributed by atoms with van der Waals surface area (Å²) in [6, 6.07) is 11.8. The molecule has 0 aliphatic carbocycles. The van der Waals surface area contributed by atoms with E-state index in [1.165, 1.54) is 18.4 Å². The molecule has 0 N–H and O–H groups in total. The normalized spacial score (nSPS) is 21.9. The smallest absolute Gasteiger partial charge is 0.192 e. The molecule has 0 radical (unpaired) electrons. The molecule has 0 amide bonds. The lowest BCUT2D eigenvalue weighted by Crippen LogP contribution is -2.48. The van der Waals surface area contributed by atoms with E-state index in [1.807, 2.05) is 0 Å². The number of nitrogens with zero attached hydrogens (tertiary/aromatic N) is 1. The van der Waals surface area contributed by atoms with Crippen LogP contribution in [-0.2, 0) is 15.4 Å². The van der Waals surface area contributed by atoms with E-state index in [1.54, 1.807) is 0 Å². The summed E-state index contributed by atoms with van der Waals surface area (Å²) in [5.74, 6) is 0. The number of hydrogen-bond donors (Lipinski definition) is 0. The summed E-state index contributed by atoms with van der Waals surface area (Å²) in [5, 5.41) is 0.501. The second-order valence-corrected chi connectivity index (χ2v) is 21.8. The highest BCUT2D eigenvalue weighted by molar-refractivity contribution is 6.74. The Kier molecular flexibility index (Phi) is 8.23. The van der Waals surface area contributed by atoms with Gasteiger partial charge < -0.3 is 8.85 Å². The third-order valence-corrected chi connectivity index (χ3v) is 16.9. The van der Waals surface area contributed by atoms with Crippen LogP contribution in [0.3, 0.4) is 0 Å². The van der Waals surface area contributed by atoms with Crippen molar-refractivity contribution in [1.29, 1.82) is 0 Å². The molecule has 0 saturated carbocycles. The Bertz CT molecular complexity index is 624. The molecule has 1 heterocycles. The van der Waals surface area contributed by atoms with Gasteiger partial charge in [0.05, 0.1) is 0 Å². The molecule has 0 unspecified atom stereocenters. The molecule has 0 bridgehead atoms. The van der Waals surface area contributed by atoms with Gasteiger partial charge in [0.1, 0.15) is 0 Å². The maximum atomic E-state index is 6.66. The van der Waals surface area contributed by atoms with Gasteiger partial charge in [0.2, 0.25) is 0 Å². The van der Waals surface area contributed by atoms with Crippen LogP contribution < -0.4 is 0 Å². The summed E-state index contributed by atoms with van der Waals surface area (Å²) >= 11 is 0. The van der Waals surface area contributed by atoms with Gasteiger partial charge in [0, 0.05) is 31.8 Å². The Labute approximate surface area is 188 Å². The molecule has 2 atom stereocenters. The van der Waals surface area contributed by atoms with E-state index in [0.717, 1.165) is 19.8 Å². The van der Waals surface area contributed by atoms with E-state index in [0.29, 0.717) is 12.1 Å². The Hall–Kier alpha value is -0.466. The highest BCUT2D eigenvalue weighted by Gasteiger charge is 2.42. The van der Waals surface area contributed by atoms with Crippen LogP contribution in [0.25, 0.3) is 0 Å². The maximum absolute atomic E-state index is 6.66. The third-order valence-electron chi connectivity index (χ3n) is 7.86. The Morgan fingerprint density at radius 3 is 1.53 bits per heavy atom. The van der Waals surface area contributed by atoms with Crippen molar-refractivity contribution in [1.82, 2.24) is 4.90 Å². The van der Waals surface area contributed by atoms with Crippen LogP contribution in [0.2, 0.25) is 36.3 Å². The fraction of sp³-hybridized carbons (Fsp3) is 0.760. The van der Waals surface area contributed by atoms with E-state index >= 15 is 0 Å². The van der Waals surface area contributed by atoms with Crippen LogP contribution in [-0.4, -0.2) is 46.8 Å². The first-order valence-corrected chi connectivity index (χ1v) is 17.5. The molecule has 5 heteroatoms. The van der Waals surface area contributed by atoms with Crippen molar-refractivity contribution in [2.75, 3.05) is 13.2 Å². The van der Waals surface area contributed by atoms with Crippen molar-refractivity contribution < 1.29 is 8.85 Å². The van der Waals surface area contributed by atoms with Gasteiger partial charge in [0.25, 0.3) is 0 Å². The molecular weight excluding hydrogens is 402 g/mol. The molecular formula is C25H47NO2Si2. The van der Waals surface area contributed by atoms with Gasteiger partial charge in [-0.05, 0) is 54.7 Å². The van der Waals surface area contributed by atoms with E-state index in [2.05, 4.69) is 103 Å². The van der Waals surface area contributed by atoms with E-state index in [4.69, 9.17) is 8.85 Å². The zero-order valence-electron chi connectivity index (χ0n) is 21.3. The zero-order chi connectivity index (χ0) is 22.8. The van der Waals surface area contributed by atoms with Crippen molar-refractivity contribution in [2.24, 2.45) is 0 Å². The molecule has 1 aromatic carbocycles. The van der Waals surface area contributed by atoms with E-state index < -0.39 is 16.6 Å². The van der Waals surface area contributed by atoms with Crippen molar-refractivity contribution in [3.05, 3.63) is 35.9 Å². The minimum Gasteiger partial charge on any atom is -0.415 e. The summed E-state index contributed by atoms with van der Waals surface area (Å²) in [5.41, 5.74) is 1.38. The summed E-state index contributed by atoms with van der Waals surface area (Å²) in [6.07, 6.45) is 2.40. The van der Waals surface area contributed by atoms with Crippen molar-refractivity contribution in [3.8, 4) is 0 Å². The molecule has 1 aromatic rings. The molecule has 172 valence electrons. The van der Waals surface area contributed by atoms with Gasteiger partial charge >= 0.3 is 0 Å². The Morgan fingerprint density at radius 2 is 1.17 bits per heavy atom. The predicted octanol–water partition coefficient (Wildman–Crippen LogP) is 7.06. The highest BCUT2D eigenvalue weighted by atomic mass is 28.4. The van der Waals surface area contributed by atoms with Gasteiger partial charge in [-0.25, -0.2) is 0 Å². The van der Waals surface area contributed by atoms with Gasteiger partial charge in [-0.1, -0.05) is 71.9 Å². The van der Waals surface area contributed by atoms with E-state index in [-0.39, 0.29) is 10.1 Å². The lowest BCUT2D eigenvalue weighted by atomic mass is 10.2. The molecule has 3 nitrogen and oxygen atoms in total. The fourth-order valence-electron chi connectivity index (χ4n) is 3.47. The summed E-state index contributed by atoms with van der Waals surface area (Å²) < 4.78 is 13.3. The Balaban J connectivity index is 2.11. The van der Waals surface area contributed by atoms with Gasteiger partial charge in [-0.2, -0.15) is 0 Å². The number of hydrogen-bond acceptors (Lipinski definition) is 3. The number of likely N-dealkylation sites (tertiary alicyclic amines) is 1. The SMILES string of the molecule is CC(C)(C)[Si](C)(C)OC[C@@H]1CC[C@@H](CO[Si](C)(C)C(C)(C)C)N1Cc1ccccc1. The van der Waals surface area contributed by atoms with Crippen LogP contribution in [0.15, 0.2) is 30.3 Å². The lowest BCUT2D eigenvalue weighted by Gasteiger charge is -2.40. The first kappa shape index (κ1) is 25.8. The minimum absolute atomic E-state index is 0.251. The van der Waals surface area contributed by atoms with Crippen LogP contribution in [0.1, 0.15) is 59.9 Å². The van der Waals surface area contributed by atoms with Crippen LogP contribution in [0, 0.1) is 0 Å². The molecule has 0 aromatic heterocycles. The first-order chi connectivity index (χ1) is 13.6. The Morgan fingerprint density at radius 1 is 0.767 bits per heavy atom. The minimum atomic E-state index is -1.74. The molecule has 2 rings (SSSR count). The molecule has 1 aliphatic heterocycles. The number of rotatable bonds is 8. The maximum Gasteiger partial charge on any atom is 0.192 e. The standard InChI is InChI=1S/C25H47NO2Si2/c1-24(2,3)29(7,8)27-19-22-16-17-23(20-28-30(9,10)25(4,5)6)26(22)18-21-14-12-11-13-15-21/h11-15,22-23H,16-20H2,1-10H3/t22-,23-/m0/s1. The molecule has 1 saturated heterocycles. The van der Waals surface area contributed by atoms with Crippen LogP contribution in [0.5, 0.6) is 0 Å². The topological polar surface area (TPSA) is 21.7 Å². The molecule has 1 fully saturated rings. The third kappa shape index (κ3) is 6.52.